The summed E-state index contributed by atoms with van der Waals surface area (Å²) < 4.78 is 12.8. The molecule has 0 aromatic heterocycles. The maximum atomic E-state index is 9.74. The van der Waals surface area contributed by atoms with Gasteiger partial charge in [-0.25, -0.2) is 0 Å². The Kier molecular flexibility index (Phi) is 3.89. The van der Waals surface area contributed by atoms with Gasteiger partial charge in [0.15, 0.2) is 0 Å². The van der Waals surface area contributed by atoms with Crippen molar-refractivity contribution in [1.82, 2.24) is 0 Å². The van der Waals surface area contributed by atoms with Crippen LogP contribution < -0.4 is 0 Å². The highest BCUT2D eigenvalue weighted by Gasteiger charge is 2.30. The van der Waals surface area contributed by atoms with Crippen LogP contribution in [-0.4, -0.2) is 29.2 Å². The number of halogens is 1. The van der Waals surface area contributed by atoms with Crippen LogP contribution in [0.1, 0.15) is 27.6 Å². The van der Waals surface area contributed by atoms with Crippen molar-refractivity contribution in [3.8, 4) is 0 Å². The van der Waals surface area contributed by atoms with Crippen molar-refractivity contribution in [3.63, 3.8) is 0 Å². The van der Waals surface area contributed by atoms with Crippen molar-refractivity contribution in [2.45, 2.75) is 38.4 Å². The Morgan fingerprint density at radius 1 is 1.83 bits per heavy atom. The highest BCUT2D eigenvalue weighted by molar-refractivity contribution is 9.09. The molecule has 72 valence electrons. The highest BCUT2D eigenvalue weighted by Crippen LogP contribution is 2.24. The summed E-state index contributed by atoms with van der Waals surface area (Å²) in [5, 5.41) is 10.7. The van der Waals surface area contributed by atoms with Crippen molar-refractivity contribution in [1.29, 1.82) is 0 Å². The molecular weight excluding hydrogens is 220 g/mol. The van der Waals surface area contributed by atoms with E-state index in [4.69, 9.17) is 6.11 Å². The van der Waals surface area contributed by atoms with Gasteiger partial charge in [-0.15, -0.1) is 0 Å². The quantitative estimate of drug-likeness (QED) is 0.760. The molecule has 0 spiro atoms. The third kappa shape index (κ3) is 2.71. The molecular formula is C9H17BrO2. The van der Waals surface area contributed by atoms with Gasteiger partial charge in [0.1, 0.15) is 0 Å². The van der Waals surface area contributed by atoms with E-state index in [2.05, 4.69) is 15.9 Å². The van der Waals surface area contributed by atoms with Gasteiger partial charge in [-0.1, -0.05) is 22.9 Å². The van der Waals surface area contributed by atoms with Gasteiger partial charge in [-0.3, -0.25) is 0 Å². The lowest BCUT2D eigenvalue weighted by Gasteiger charge is -2.20. The second-order valence-corrected chi connectivity index (χ2v) is 4.17. The van der Waals surface area contributed by atoms with E-state index in [0.717, 1.165) is 24.6 Å². The molecule has 0 saturated carbocycles. The zero-order chi connectivity index (χ0) is 9.84. The Morgan fingerprint density at radius 3 is 3.08 bits per heavy atom. The van der Waals surface area contributed by atoms with Crippen molar-refractivity contribution in [3.05, 3.63) is 0 Å². The minimum absolute atomic E-state index is 0.124. The van der Waals surface area contributed by atoms with E-state index < -0.39 is 12.7 Å². The maximum absolute atomic E-state index is 9.74. The summed E-state index contributed by atoms with van der Waals surface area (Å²) in [7, 11) is 0. The first kappa shape index (κ1) is 8.97. The average Bonchev–Trinajstić information content (AvgIpc) is 2.41. The van der Waals surface area contributed by atoms with Gasteiger partial charge in [0.05, 0.1) is 13.6 Å². The first-order valence-electron chi connectivity index (χ1n) is 5.04. The van der Waals surface area contributed by atoms with Gasteiger partial charge in [0.25, 0.3) is 0 Å². The smallest absolute Gasteiger partial charge is 0.0860 e. The Morgan fingerprint density at radius 2 is 2.58 bits per heavy atom. The van der Waals surface area contributed by atoms with Crippen LogP contribution in [0.4, 0.5) is 0 Å². The molecule has 1 heterocycles. The molecule has 0 bridgehead atoms. The Hall–Kier alpha value is 0.400. The number of hydrogen-bond acceptors (Lipinski definition) is 2. The summed E-state index contributed by atoms with van der Waals surface area (Å²) in [6.07, 6.45) is 1.93. The first-order chi connectivity index (χ1) is 6.15. The van der Waals surface area contributed by atoms with Crippen molar-refractivity contribution >= 4 is 15.9 Å². The van der Waals surface area contributed by atoms with Crippen LogP contribution in [0.15, 0.2) is 0 Å². The molecule has 1 aliphatic heterocycles. The van der Waals surface area contributed by atoms with E-state index in [-0.39, 0.29) is 6.10 Å². The minimum atomic E-state index is -0.432. The predicted molar refractivity (Wildman–Crippen MR) is 52.6 cm³/mol. The second-order valence-electron chi connectivity index (χ2n) is 3.38. The fourth-order valence-corrected chi connectivity index (χ4v) is 1.83. The number of aliphatic hydroxyl groups excluding tert-OH is 1. The van der Waals surface area contributed by atoms with Crippen LogP contribution in [0.5, 0.6) is 0 Å². The normalized spacial score (nSPS) is 39.6. The van der Waals surface area contributed by atoms with Crippen LogP contribution in [0.3, 0.4) is 0 Å². The van der Waals surface area contributed by atoms with Crippen molar-refractivity contribution < 1.29 is 11.2 Å². The second kappa shape index (κ2) is 5.20. The van der Waals surface area contributed by atoms with Gasteiger partial charge in [-0.05, 0) is 25.2 Å². The van der Waals surface area contributed by atoms with E-state index in [1.807, 2.05) is 6.92 Å². The molecule has 3 heteroatoms. The molecule has 1 N–H and O–H groups in total. The average molecular weight is 239 g/mol. The molecule has 1 saturated heterocycles. The highest BCUT2D eigenvalue weighted by atomic mass is 79.9. The van der Waals surface area contributed by atoms with Crippen LogP contribution in [0, 0.1) is 5.92 Å². The van der Waals surface area contributed by atoms with Gasteiger partial charge in [-0.2, -0.15) is 0 Å². The van der Waals surface area contributed by atoms with E-state index in [9.17, 15) is 5.11 Å². The molecule has 12 heavy (non-hydrogen) atoms. The molecule has 2 nitrogen and oxygen atoms in total. The van der Waals surface area contributed by atoms with Crippen LogP contribution in [-0.2, 0) is 4.74 Å². The minimum Gasteiger partial charge on any atom is -0.390 e. The molecule has 4 atom stereocenters. The molecule has 0 radical (unpaired) electrons. The predicted octanol–water partition coefficient (Wildman–Crippen LogP) is 1.95. The van der Waals surface area contributed by atoms with Crippen LogP contribution >= 0.6 is 15.9 Å². The topological polar surface area (TPSA) is 29.5 Å². The Balaban J connectivity index is 2.33. The maximum Gasteiger partial charge on any atom is 0.0860 e. The molecule has 0 aromatic carbocycles. The monoisotopic (exact) mass is 238 g/mol. The third-order valence-electron chi connectivity index (χ3n) is 2.29. The van der Waals surface area contributed by atoms with E-state index >= 15 is 0 Å². The molecule has 1 rings (SSSR count). The Labute approximate surface area is 83.8 Å². The van der Waals surface area contributed by atoms with Gasteiger partial charge < -0.3 is 9.84 Å². The molecule has 0 aliphatic carbocycles. The number of aliphatic hydroxyl groups is 1. The van der Waals surface area contributed by atoms with Gasteiger partial charge >= 0.3 is 0 Å². The summed E-state index contributed by atoms with van der Waals surface area (Å²) in [4.78, 5) is 0. The number of rotatable bonds is 4. The largest absolute Gasteiger partial charge is 0.390 e. The summed E-state index contributed by atoms with van der Waals surface area (Å²) in [5.41, 5.74) is 0. The third-order valence-corrected chi connectivity index (χ3v) is 2.86. The molecule has 0 aromatic rings. The summed E-state index contributed by atoms with van der Waals surface area (Å²) >= 11 is 3.32. The lowest BCUT2D eigenvalue weighted by atomic mass is 9.97. The standard InChI is InChI=1S/C9H17BrO2/c1-7-4-6-12-9(7)8(11)3-2-5-10/h7-9,11H,2-6H2,1H3/t7-,8+,9-/m0/s1/i6T/t6-,7-,8+,9-. The lowest BCUT2D eigenvalue weighted by molar-refractivity contribution is -0.0200. The van der Waals surface area contributed by atoms with Gasteiger partial charge in [0, 0.05) is 11.9 Å². The summed E-state index contributed by atoms with van der Waals surface area (Å²) in [6.45, 7) is 1.61. The summed E-state index contributed by atoms with van der Waals surface area (Å²) in [5.74, 6) is 0.313. The van der Waals surface area contributed by atoms with Crippen LogP contribution in [0.2, 0.25) is 0 Å². The first-order valence-corrected chi connectivity index (χ1v) is 5.59. The van der Waals surface area contributed by atoms with E-state index in [1.165, 1.54) is 0 Å². The Bertz CT molecular complexity index is 157. The fourth-order valence-electron chi connectivity index (χ4n) is 1.51. The SMILES string of the molecule is [3H][C@H]1C[C@H](C)[C@@H]([C@H](O)CCCBr)O1. The number of hydrogen-bond donors (Lipinski definition) is 1. The van der Waals surface area contributed by atoms with Crippen molar-refractivity contribution in [2.24, 2.45) is 5.92 Å². The molecule has 0 amide bonds. The van der Waals surface area contributed by atoms with Crippen molar-refractivity contribution in [2.75, 3.05) is 11.9 Å². The number of alkyl halides is 1. The van der Waals surface area contributed by atoms with E-state index in [1.54, 1.807) is 0 Å². The molecule has 0 unspecified atom stereocenters. The number of ether oxygens (including phenoxy) is 1. The fraction of sp³-hybridized carbons (Fsp3) is 1.00. The zero-order valence-corrected chi connectivity index (χ0v) is 8.96. The van der Waals surface area contributed by atoms with Crippen LogP contribution in [0.25, 0.3) is 0 Å². The zero-order valence-electron chi connectivity index (χ0n) is 8.37. The van der Waals surface area contributed by atoms with Gasteiger partial charge in [0.2, 0.25) is 0 Å². The summed E-state index contributed by atoms with van der Waals surface area (Å²) in [6, 6.07) is 0. The molecule has 1 fully saturated rings. The molecule has 1 aliphatic rings. The van der Waals surface area contributed by atoms with E-state index in [0.29, 0.717) is 5.92 Å². The lowest BCUT2D eigenvalue weighted by Crippen LogP contribution is -2.29.